The minimum absolute atomic E-state index is 0.00713. The molecule has 2 aromatic heterocycles. The highest BCUT2D eigenvalue weighted by Gasteiger charge is 2.16. The highest BCUT2D eigenvalue weighted by atomic mass is 16.2. The van der Waals surface area contributed by atoms with Crippen LogP contribution in [0.15, 0.2) is 14.4 Å². The summed E-state index contributed by atoms with van der Waals surface area (Å²) in [5.74, 6) is 0.584. The Balaban J connectivity index is 3.20. The lowest BCUT2D eigenvalue weighted by Gasteiger charge is -2.17. The second kappa shape index (κ2) is 4.11. The Labute approximate surface area is 108 Å². The smallest absolute Gasteiger partial charge is 0.332 e. The van der Waals surface area contributed by atoms with Crippen LogP contribution in [0.2, 0.25) is 0 Å². The van der Waals surface area contributed by atoms with E-state index in [9.17, 15) is 14.4 Å². The van der Waals surface area contributed by atoms with Crippen molar-refractivity contribution in [3.8, 4) is 0 Å². The van der Waals surface area contributed by atoms with E-state index in [1.807, 2.05) is 0 Å². The molecule has 0 aromatic carbocycles. The van der Waals surface area contributed by atoms with Crippen molar-refractivity contribution < 1.29 is 0 Å². The third kappa shape index (κ3) is 1.69. The van der Waals surface area contributed by atoms with E-state index < -0.39 is 11.2 Å². The molecule has 0 radical (unpaired) electrons. The van der Waals surface area contributed by atoms with E-state index >= 15 is 0 Å². The molecule has 0 spiro atoms. The number of aryl methyl sites for hydroxylation is 1. The standard InChI is InChI=1S/C12H16N4O3/c1-6-8(17)7-10(13-9(6)14(2)3)15(4)12(19)16(5)11(7)18/h1-5H3,(H,13,17). The second-order valence-electron chi connectivity index (χ2n) is 4.75. The zero-order chi connectivity index (χ0) is 14.5. The van der Waals surface area contributed by atoms with E-state index in [0.29, 0.717) is 11.4 Å². The molecule has 7 nitrogen and oxygen atoms in total. The highest BCUT2D eigenvalue weighted by Crippen LogP contribution is 2.13. The molecule has 7 heteroatoms. The molecule has 0 atom stereocenters. The minimum atomic E-state index is -0.576. The van der Waals surface area contributed by atoms with Gasteiger partial charge in [0.05, 0.1) is 0 Å². The first-order valence-corrected chi connectivity index (χ1v) is 5.77. The third-order valence-electron chi connectivity index (χ3n) is 3.27. The number of hydrogen-bond acceptors (Lipinski definition) is 4. The lowest BCUT2D eigenvalue weighted by Crippen LogP contribution is -2.40. The highest BCUT2D eigenvalue weighted by molar-refractivity contribution is 5.77. The predicted octanol–water partition coefficient (Wildman–Crippen LogP) is -0.700. The molecule has 0 bridgehead atoms. The Morgan fingerprint density at radius 1 is 1.05 bits per heavy atom. The Morgan fingerprint density at radius 3 is 2.16 bits per heavy atom. The molecule has 0 aliphatic carbocycles. The van der Waals surface area contributed by atoms with Gasteiger partial charge in [0.25, 0.3) is 5.56 Å². The van der Waals surface area contributed by atoms with Gasteiger partial charge in [0.1, 0.15) is 16.9 Å². The van der Waals surface area contributed by atoms with Crippen LogP contribution in [0, 0.1) is 6.92 Å². The maximum absolute atomic E-state index is 12.3. The van der Waals surface area contributed by atoms with Gasteiger partial charge in [-0.25, -0.2) is 4.79 Å². The van der Waals surface area contributed by atoms with Gasteiger partial charge < -0.3 is 9.88 Å². The van der Waals surface area contributed by atoms with E-state index in [2.05, 4.69) is 4.98 Å². The molecule has 102 valence electrons. The van der Waals surface area contributed by atoms with Crippen molar-refractivity contribution in [1.82, 2.24) is 14.1 Å². The van der Waals surface area contributed by atoms with Crippen LogP contribution in [-0.4, -0.2) is 28.2 Å². The number of anilines is 1. The number of pyridine rings is 1. The van der Waals surface area contributed by atoms with E-state index in [0.717, 1.165) is 4.57 Å². The Bertz CT molecular complexity index is 839. The van der Waals surface area contributed by atoms with Gasteiger partial charge in [-0.1, -0.05) is 0 Å². The lowest BCUT2D eigenvalue weighted by atomic mass is 10.2. The van der Waals surface area contributed by atoms with Crippen molar-refractivity contribution in [2.24, 2.45) is 14.1 Å². The predicted molar refractivity (Wildman–Crippen MR) is 74.1 cm³/mol. The largest absolute Gasteiger partial charge is 0.364 e. The number of aromatic nitrogens is 3. The molecule has 2 aromatic rings. The second-order valence-corrected chi connectivity index (χ2v) is 4.75. The van der Waals surface area contributed by atoms with Crippen molar-refractivity contribution in [1.29, 1.82) is 0 Å². The molecule has 0 saturated heterocycles. The molecule has 0 unspecified atom stereocenters. The van der Waals surface area contributed by atoms with Gasteiger partial charge in [-0.15, -0.1) is 0 Å². The molecule has 2 heterocycles. The summed E-state index contributed by atoms with van der Waals surface area (Å²) in [6.07, 6.45) is 0. The van der Waals surface area contributed by atoms with Gasteiger partial charge in [0.15, 0.2) is 0 Å². The van der Waals surface area contributed by atoms with Crippen LogP contribution in [0.5, 0.6) is 0 Å². The van der Waals surface area contributed by atoms with Crippen molar-refractivity contribution in [3.63, 3.8) is 0 Å². The molecule has 0 amide bonds. The summed E-state index contributed by atoms with van der Waals surface area (Å²) in [4.78, 5) is 41.0. The van der Waals surface area contributed by atoms with Crippen LogP contribution in [0.4, 0.5) is 5.82 Å². The van der Waals surface area contributed by atoms with Crippen LogP contribution < -0.4 is 21.6 Å². The van der Waals surface area contributed by atoms with Crippen molar-refractivity contribution >= 4 is 16.9 Å². The van der Waals surface area contributed by atoms with Crippen molar-refractivity contribution in [2.75, 3.05) is 19.0 Å². The number of hydrogen-bond donors (Lipinski definition) is 1. The van der Waals surface area contributed by atoms with Crippen LogP contribution in [0.3, 0.4) is 0 Å². The summed E-state index contributed by atoms with van der Waals surface area (Å²) < 4.78 is 2.21. The summed E-state index contributed by atoms with van der Waals surface area (Å²) in [6, 6.07) is 0. The first-order valence-electron chi connectivity index (χ1n) is 5.77. The molecular formula is C12H16N4O3. The first kappa shape index (κ1) is 13.1. The van der Waals surface area contributed by atoms with Gasteiger partial charge in [0, 0.05) is 33.8 Å². The number of H-pyrrole nitrogens is 1. The molecule has 2 rings (SSSR count). The quantitative estimate of drug-likeness (QED) is 0.738. The SMILES string of the molecule is Cc1c(N(C)C)[nH]c2c(c1=O)c(=O)n(C)c(=O)n2C. The van der Waals surface area contributed by atoms with Crippen LogP contribution in [-0.2, 0) is 14.1 Å². The number of rotatable bonds is 1. The van der Waals surface area contributed by atoms with Crippen molar-refractivity contribution in [3.05, 3.63) is 36.6 Å². The van der Waals surface area contributed by atoms with E-state index in [1.165, 1.54) is 18.7 Å². The van der Waals surface area contributed by atoms with E-state index in [1.54, 1.807) is 25.9 Å². The summed E-state index contributed by atoms with van der Waals surface area (Å²) in [5, 5.41) is 0.00713. The monoisotopic (exact) mass is 264 g/mol. The molecular weight excluding hydrogens is 248 g/mol. The van der Waals surface area contributed by atoms with Gasteiger partial charge in [-0.3, -0.25) is 18.7 Å². The average molecular weight is 264 g/mol. The summed E-state index contributed by atoms with van der Waals surface area (Å²) in [6.45, 7) is 1.65. The van der Waals surface area contributed by atoms with Gasteiger partial charge in [-0.2, -0.15) is 0 Å². The number of fused-ring (bicyclic) bond motifs is 1. The van der Waals surface area contributed by atoms with Gasteiger partial charge in [0.2, 0.25) is 5.43 Å². The number of nitrogens with zero attached hydrogens (tertiary/aromatic N) is 3. The number of aromatic amines is 1. The molecule has 1 N–H and O–H groups in total. The fourth-order valence-electron chi connectivity index (χ4n) is 2.14. The fraction of sp³-hybridized carbons (Fsp3) is 0.417. The molecule has 0 fully saturated rings. The Kier molecular flexibility index (Phi) is 2.84. The zero-order valence-corrected chi connectivity index (χ0v) is 11.6. The summed E-state index contributed by atoms with van der Waals surface area (Å²) >= 11 is 0. The van der Waals surface area contributed by atoms with Gasteiger partial charge in [-0.05, 0) is 6.92 Å². The first-order chi connectivity index (χ1) is 8.77. The lowest BCUT2D eigenvalue weighted by molar-refractivity contribution is 0.706. The minimum Gasteiger partial charge on any atom is -0.364 e. The average Bonchev–Trinajstić information content (AvgIpc) is 2.36. The van der Waals surface area contributed by atoms with Gasteiger partial charge >= 0.3 is 5.69 Å². The van der Waals surface area contributed by atoms with Crippen molar-refractivity contribution in [2.45, 2.75) is 6.92 Å². The Morgan fingerprint density at radius 2 is 1.63 bits per heavy atom. The van der Waals surface area contributed by atoms with Crippen LogP contribution in [0.25, 0.3) is 11.0 Å². The Hall–Kier alpha value is -2.31. The van der Waals surface area contributed by atoms with E-state index in [-0.39, 0.29) is 16.5 Å². The number of nitrogens with one attached hydrogen (secondary N) is 1. The maximum Gasteiger partial charge on any atom is 0.332 e. The van der Waals surface area contributed by atoms with Crippen LogP contribution >= 0.6 is 0 Å². The zero-order valence-electron chi connectivity index (χ0n) is 11.6. The fourth-order valence-corrected chi connectivity index (χ4v) is 2.14. The third-order valence-corrected chi connectivity index (χ3v) is 3.27. The molecule has 19 heavy (non-hydrogen) atoms. The molecule has 0 aliphatic heterocycles. The van der Waals surface area contributed by atoms with E-state index in [4.69, 9.17) is 0 Å². The molecule has 0 aliphatic rings. The van der Waals surface area contributed by atoms with Crippen LogP contribution in [0.1, 0.15) is 5.56 Å². The normalized spacial score (nSPS) is 11.0. The summed E-state index contributed by atoms with van der Waals surface area (Å²) in [5.41, 5.74) is -0.705. The molecule has 0 saturated carbocycles. The topological polar surface area (TPSA) is 80.1 Å². The summed E-state index contributed by atoms with van der Waals surface area (Å²) in [7, 11) is 6.44. The maximum atomic E-state index is 12.3.